The van der Waals surface area contributed by atoms with Crippen molar-refractivity contribution < 1.29 is 0 Å². The summed E-state index contributed by atoms with van der Waals surface area (Å²) >= 11 is 4.30. The molecule has 0 aliphatic carbocycles. The van der Waals surface area contributed by atoms with Crippen molar-refractivity contribution >= 4 is 34.4 Å². The summed E-state index contributed by atoms with van der Waals surface area (Å²) in [7, 11) is 0. The zero-order chi connectivity index (χ0) is 10.0. The lowest BCUT2D eigenvalue weighted by molar-refractivity contribution is 0.493. The molecule has 0 radical (unpaired) electrons. The average Bonchev–Trinajstić information content (AvgIpc) is 2.19. The zero-order valence-electron chi connectivity index (χ0n) is 8.56. The first-order valence-corrected chi connectivity index (χ1v) is 9.31. The molecule has 0 saturated carbocycles. The maximum Gasteiger partial charge on any atom is 0.0438 e. The standard InChI is InChI=1S/C11H15PS2/c1-11(2)8-13-12(14-9-11)10-6-4-3-5-7-10/h3-7H,8-9H2,1-2H3. The average molecular weight is 242 g/mol. The minimum absolute atomic E-state index is 0.00804. The molecule has 0 nitrogen and oxygen atoms in total. The highest BCUT2D eigenvalue weighted by atomic mass is 33.1. The molecule has 0 unspecified atom stereocenters. The van der Waals surface area contributed by atoms with Crippen LogP contribution in [-0.4, -0.2) is 11.5 Å². The summed E-state index contributed by atoms with van der Waals surface area (Å²) in [6, 6.07) is 10.9. The lowest BCUT2D eigenvalue weighted by Gasteiger charge is -2.33. The lowest BCUT2D eigenvalue weighted by atomic mass is 10.0. The minimum Gasteiger partial charge on any atom is -0.118 e. The largest absolute Gasteiger partial charge is 0.118 e. The summed E-state index contributed by atoms with van der Waals surface area (Å²) in [5, 5.41) is 1.54. The van der Waals surface area contributed by atoms with Gasteiger partial charge in [-0.25, -0.2) is 0 Å². The van der Waals surface area contributed by atoms with Gasteiger partial charge in [-0.3, -0.25) is 0 Å². The summed E-state index contributed by atoms with van der Waals surface area (Å²) in [5.41, 5.74) is 0.531. The minimum atomic E-state index is 0.00804. The molecule has 1 heterocycles. The molecular formula is C11H15PS2. The molecule has 1 aromatic carbocycles. The zero-order valence-corrected chi connectivity index (χ0v) is 11.1. The Morgan fingerprint density at radius 3 is 2.21 bits per heavy atom. The van der Waals surface area contributed by atoms with E-state index in [1.807, 2.05) is 0 Å². The Labute approximate surface area is 95.5 Å². The van der Waals surface area contributed by atoms with Gasteiger partial charge < -0.3 is 0 Å². The summed E-state index contributed by atoms with van der Waals surface area (Å²) < 4.78 is 0. The van der Waals surface area contributed by atoms with E-state index in [-0.39, 0.29) is 6.33 Å². The van der Waals surface area contributed by atoms with Crippen LogP contribution in [0, 0.1) is 5.41 Å². The van der Waals surface area contributed by atoms with E-state index in [4.69, 9.17) is 0 Å². The summed E-state index contributed by atoms with van der Waals surface area (Å²) in [6.45, 7) is 4.73. The van der Waals surface area contributed by atoms with Crippen LogP contribution in [0.15, 0.2) is 30.3 Å². The van der Waals surface area contributed by atoms with Gasteiger partial charge in [-0.2, -0.15) is 0 Å². The first-order valence-electron chi connectivity index (χ1n) is 4.78. The number of hydrogen-bond donors (Lipinski definition) is 0. The third-order valence-electron chi connectivity index (χ3n) is 2.11. The van der Waals surface area contributed by atoms with Gasteiger partial charge in [0.25, 0.3) is 0 Å². The van der Waals surface area contributed by atoms with Crippen molar-refractivity contribution in [1.82, 2.24) is 0 Å². The van der Waals surface area contributed by atoms with Crippen molar-refractivity contribution in [3.8, 4) is 0 Å². The fourth-order valence-corrected chi connectivity index (χ4v) is 9.57. The van der Waals surface area contributed by atoms with Crippen molar-refractivity contribution in [3.05, 3.63) is 30.3 Å². The van der Waals surface area contributed by atoms with Crippen LogP contribution >= 0.6 is 29.1 Å². The lowest BCUT2D eigenvalue weighted by Crippen LogP contribution is -2.21. The molecule has 0 atom stereocenters. The van der Waals surface area contributed by atoms with Crippen LogP contribution in [0.25, 0.3) is 0 Å². The van der Waals surface area contributed by atoms with E-state index in [1.165, 1.54) is 16.8 Å². The van der Waals surface area contributed by atoms with E-state index in [1.54, 1.807) is 0 Å². The van der Waals surface area contributed by atoms with Gasteiger partial charge in [-0.1, -0.05) is 44.2 Å². The Morgan fingerprint density at radius 1 is 1.07 bits per heavy atom. The Hall–Kier alpha value is 0.350. The summed E-state index contributed by atoms with van der Waals surface area (Å²) in [5.74, 6) is 2.61. The van der Waals surface area contributed by atoms with Gasteiger partial charge in [-0.05, 0) is 10.7 Å². The molecule has 76 valence electrons. The van der Waals surface area contributed by atoms with Crippen LogP contribution in [0.4, 0.5) is 0 Å². The Morgan fingerprint density at radius 2 is 1.64 bits per heavy atom. The second-order valence-electron chi connectivity index (χ2n) is 4.30. The molecule has 0 spiro atoms. The molecule has 1 aliphatic heterocycles. The normalized spacial score (nSPS) is 22.1. The van der Waals surface area contributed by atoms with Gasteiger partial charge in [0.05, 0.1) is 0 Å². The van der Waals surface area contributed by atoms with Gasteiger partial charge in [0.15, 0.2) is 0 Å². The van der Waals surface area contributed by atoms with Crippen LogP contribution in [0.5, 0.6) is 0 Å². The van der Waals surface area contributed by atoms with Gasteiger partial charge >= 0.3 is 0 Å². The molecule has 0 amide bonds. The monoisotopic (exact) mass is 242 g/mol. The maximum atomic E-state index is 2.37. The molecule has 1 fully saturated rings. The van der Waals surface area contributed by atoms with Crippen LogP contribution in [-0.2, 0) is 0 Å². The molecule has 1 saturated heterocycles. The predicted octanol–water partition coefficient (Wildman–Crippen LogP) is 4.13. The quantitative estimate of drug-likeness (QED) is 0.679. The molecule has 1 aromatic rings. The Bertz CT molecular complexity index is 287. The third kappa shape index (κ3) is 2.68. The van der Waals surface area contributed by atoms with Gasteiger partial charge in [0, 0.05) is 17.8 Å². The summed E-state index contributed by atoms with van der Waals surface area (Å²) in [4.78, 5) is 0. The van der Waals surface area contributed by atoms with Crippen LogP contribution in [0.1, 0.15) is 13.8 Å². The second-order valence-corrected chi connectivity index (χ2v) is 10.9. The fourth-order valence-electron chi connectivity index (χ4n) is 1.24. The third-order valence-corrected chi connectivity index (χ3v) is 10.5. The first kappa shape index (κ1) is 10.9. The smallest absolute Gasteiger partial charge is 0.0438 e. The van der Waals surface area contributed by atoms with Crippen molar-refractivity contribution in [3.63, 3.8) is 0 Å². The van der Waals surface area contributed by atoms with E-state index in [0.29, 0.717) is 5.41 Å². The van der Waals surface area contributed by atoms with E-state index in [0.717, 1.165) is 0 Å². The number of hydrogen-bond acceptors (Lipinski definition) is 2. The second kappa shape index (κ2) is 4.47. The van der Waals surface area contributed by atoms with Crippen molar-refractivity contribution in [2.75, 3.05) is 11.5 Å². The van der Waals surface area contributed by atoms with Gasteiger partial charge in [0.2, 0.25) is 0 Å². The SMILES string of the molecule is CC1(C)CSP(c2ccccc2)SC1. The van der Waals surface area contributed by atoms with Gasteiger partial charge in [0.1, 0.15) is 0 Å². The van der Waals surface area contributed by atoms with Crippen LogP contribution in [0.3, 0.4) is 0 Å². The molecule has 2 rings (SSSR count). The van der Waals surface area contributed by atoms with Gasteiger partial charge in [-0.15, -0.1) is 22.8 Å². The first-order chi connectivity index (χ1) is 6.67. The van der Waals surface area contributed by atoms with Crippen molar-refractivity contribution in [2.24, 2.45) is 5.41 Å². The number of rotatable bonds is 1. The molecule has 0 N–H and O–H groups in total. The van der Waals surface area contributed by atoms with Crippen molar-refractivity contribution in [1.29, 1.82) is 0 Å². The fraction of sp³-hybridized carbons (Fsp3) is 0.455. The highest BCUT2D eigenvalue weighted by Crippen LogP contribution is 2.65. The van der Waals surface area contributed by atoms with Crippen LogP contribution in [0.2, 0.25) is 0 Å². The number of benzene rings is 1. The highest BCUT2D eigenvalue weighted by molar-refractivity contribution is 8.90. The van der Waals surface area contributed by atoms with E-state index in [2.05, 4.69) is 66.9 Å². The highest BCUT2D eigenvalue weighted by Gasteiger charge is 2.28. The predicted molar refractivity (Wildman–Crippen MR) is 71.7 cm³/mol. The Kier molecular flexibility index (Phi) is 3.46. The van der Waals surface area contributed by atoms with Crippen molar-refractivity contribution in [2.45, 2.75) is 13.8 Å². The molecule has 3 heteroatoms. The topological polar surface area (TPSA) is 0 Å². The van der Waals surface area contributed by atoms with Crippen LogP contribution < -0.4 is 5.30 Å². The molecule has 14 heavy (non-hydrogen) atoms. The Balaban J connectivity index is 2.03. The van der Waals surface area contributed by atoms with E-state index < -0.39 is 0 Å². The molecule has 1 aliphatic rings. The molecule has 0 bridgehead atoms. The molecular weight excluding hydrogens is 227 g/mol. The van der Waals surface area contributed by atoms with E-state index >= 15 is 0 Å². The molecule has 0 aromatic heterocycles. The van der Waals surface area contributed by atoms with E-state index in [9.17, 15) is 0 Å². The maximum absolute atomic E-state index is 2.37. The summed E-state index contributed by atoms with van der Waals surface area (Å²) in [6.07, 6.45) is 0.00804.